The van der Waals surface area contributed by atoms with Gasteiger partial charge in [-0.25, -0.2) is 27.5 Å². The number of hydrogen-bond donors (Lipinski definition) is 5. The third-order valence-corrected chi connectivity index (χ3v) is 8.05. The van der Waals surface area contributed by atoms with Crippen molar-refractivity contribution in [1.29, 1.82) is 0 Å². The fourth-order valence-corrected chi connectivity index (χ4v) is 5.51. The minimum absolute atomic E-state index is 0.0827. The molecular weight excluding hydrogens is 657 g/mol. The number of hydrogen-bond acceptors (Lipinski definition) is 15. The maximum Gasteiger partial charge on any atom is 0.312 e. The summed E-state index contributed by atoms with van der Waals surface area (Å²) < 4.78 is 84.2. The molecule has 8 atom stereocenters. The number of aliphatic hydroxyl groups is 4. The topological polar surface area (TPSA) is 219 Å². The molecule has 0 unspecified atom stereocenters. The van der Waals surface area contributed by atoms with Crippen LogP contribution in [0.4, 0.5) is 39.5 Å². The Kier molecular flexibility index (Phi) is 8.66. The van der Waals surface area contributed by atoms with E-state index in [2.05, 4.69) is 29.9 Å². The number of ether oxygens (including phenoxy) is 2. The number of nitrogens with zero attached hydrogens (tertiary/aromatic N) is 10. The van der Waals surface area contributed by atoms with Gasteiger partial charge in [0.25, 0.3) is 11.7 Å². The monoisotopic (exact) mass is 691 g/mol. The highest BCUT2D eigenvalue weighted by atomic mass is 19.2. The lowest BCUT2D eigenvalue weighted by molar-refractivity contribution is -0.206. The van der Waals surface area contributed by atoms with E-state index in [9.17, 15) is 32.2 Å². The van der Waals surface area contributed by atoms with Crippen LogP contribution >= 0.6 is 0 Å². The second-order valence-electron chi connectivity index (χ2n) is 12.1. The zero-order valence-electron chi connectivity index (χ0n) is 26.4. The van der Waals surface area contributed by atoms with Gasteiger partial charge in [0.05, 0.1) is 12.7 Å². The quantitative estimate of drug-likeness (QED) is 0.133. The van der Waals surface area contributed by atoms with E-state index in [1.54, 1.807) is 33.1 Å². The standard InChI is InChI=1S/C13H16F3N5O3.C13H18F2N6O3/c1-12(15)9(23)13(16,4-22)24-10(12)21-5-17-6-7(20(2)3)18-11(14)19-8(6)21;1-12(14)9(23)13(15,4-22)24-10(12)21-5-17-6-7(20(2)3)18-11(16)19-8(6)21/h5,9-10,22-23H,4H2,1-3H3;5,9-10,22-23H,4H2,1-3H3,(H2,16,18,19)/t2*9-,10+,12+,13+/m00/s1. The minimum atomic E-state index is -3.00. The van der Waals surface area contributed by atoms with Crippen LogP contribution in [0.25, 0.3) is 22.3 Å². The maximum absolute atomic E-state index is 14.9. The number of alkyl halides is 4. The second kappa shape index (κ2) is 11.8. The van der Waals surface area contributed by atoms with E-state index in [0.717, 1.165) is 29.3 Å². The maximum atomic E-state index is 14.9. The first-order valence-corrected chi connectivity index (χ1v) is 14.2. The van der Waals surface area contributed by atoms with E-state index in [0.29, 0.717) is 11.3 Å². The van der Waals surface area contributed by atoms with Crippen molar-refractivity contribution in [3.05, 3.63) is 18.7 Å². The number of aliphatic hydroxyl groups excluding tert-OH is 4. The molecule has 2 aliphatic heterocycles. The molecule has 0 bridgehead atoms. The smallest absolute Gasteiger partial charge is 0.312 e. The van der Waals surface area contributed by atoms with Gasteiger partial charge in [0.1, 0.15) is 13.2 Å². The number of aromatic nitrogens is 8. The molecule has 4 aromatic heterocycles. The predicted octanol–water partition coefficient (Wildman–Crippen LogP) is 0.0579. The molecule has 6 N–H and O–H groups in total. The third kappa shape index (κ3) is 5.41. The number of nitrogen functional groups attached to an aromatic ring is 1. The molecule has 0 radical (unpaired) electrons. The number of anilines is 3. The zero-order valence-corrected chi connectivity index (χ0v) is 26.4. The Balaban J connectivity index is 0.000000188. The Bertz CT molecular complexity index is 1700. The summed E-state index contributed by atoms with van der Waals surface area (Å²) in [6.45, 7) is -0.557. The van der Waals surface area contributed by atoms with Crippen molar-refractivity contribution < 1.29 is 51.9 Å². The number of rotatable bonds is 6. The fraction of sp³-hybridized carbons (Fsp3) is 0.615. The molecule has 4 aromatic rings. The highest BCUT2D eigenvalue weighted by Crippen LogP contribution is 2.49. The summed E-state index contributed by atoms with van der Waals surface area (Å²) in [4.78, 5) is 26.5. The molecule has 6 heterocycles. The molecule has 2 fully saturated rings. The van der Waals surface area contributed by atoms with Crippen LogP contribution in [-0.4, -0.2) is 136 Å². The molecule has 6 rings (SSSR count). The van der Waals surface area contributed by atoms with Crippen LogP contribution in [0.1, 0.15) is 26.3 Å². The second-order valence-corrected chi connectivity index (χ2v) is 12.1. The normalized spacial score (nSPS) is 33.3. The first-order chi connectivity index (χ1) is 22.2. The molecule has 0 amide bonds. The minimum Gasteiger partial charge on any atom is -0.390 e. The molecule has 0 aliphatic carbocycles. The van der Waals surface area contributed by atoms with Crippen LogP contribution < -0.4 is 15.5 Å². The summed E-state index contributed by atoms with van der Waals surface area (Å²) in [7, 11) is 6.64. The summed E-state index contributed by atoms with van der Waals surface area (Å²) in [5.74, 6) is -5.48. The lowest BCUT2D eigenvalue weighted by Crippen LogP contribution is -2.46. The van der Waals surface area contributed by atoms with Gasteiger partial charge < -0.3 is 45.4 Å². The van der Waals surface area contributed by atoms with Crippen molar-refractivity contribution in [2.24, 2.45) is 0 Å². The van der Waals surface area contributed by atoms with Gasteiger partial charge in [0.2, 0.25) is 5.95 Å². The van der Waals surface area contributed by atoms with Gasteiger partial charge in [-0.15, -0.1) is 0 Å². The van der Waals surface area contributed by atoms with Crippen LogP contribution in [0, 0.1) is 6.08 Å². The molecule has 0 aromatic carbocycles. The van der Waals surface area contributed by atoms with Crippen molar-refractivity contribution in [1.82, 2.24) is 39.0 Å². The Hall–Kier alpha value is -4.09. The molecule has 0 spiro atoms. The fourth-order valence-electron chi connectivity index (χ4n) is 5.51. The summed E-state index contributed by atoms with van der Waals surface area (Å²) in [6, 6.07) is 0. The van der Waals surface area contributed by atoms with Crippen molar-refractivity contribution in [3.8, 4) is 0 Å². The highest BCUT2D eigenvalue weighted by molar-refractivity contribution is 5.85. The van der Waals surface area contributed by atoms with Crippen molar-refractivity contribution in [2.45, 2.75) is 61.6 Å². The van der Waals surface area contributed by atoms with Crippen molar-refractivity contribution in [2.75, 3.05) is 56.9 Å². The molecule has 2 aliphatic rings. The summed E-state index contributed by atoms with van der Waals surface area (Å²) >= 11 is 0. The van der Waals surface area contributed by atoms with Crippen LogP contribution in [0.15, 0.2) is 12.7 Å². The van der Waals surface area contributed by atoms with Gasteiger partial charge in [0, 0.05) is 28.2 Å². The summed E-state index contributed by atoms with van der Waals surface area (Å²) in [5.41, 5.74) is 0.964. The Morgan fingerprint density at radius 3 is 1.52 bits per heavy atom. The lowest BCUT2D eigenvalue weighted by Gasteiger charge is -2.24. The van der Waals surface area contributed by atoms with E-state index in [1.165, 1.54) is 11.2 Å². The number of nitrogens with two attached hydrogens (primary N) is 1. The Morgan fingerprint density at radius 2 is 1.15 bits per heavy atom. The third-order valence-electron chi connectivity index (χ3n) is 8.05. The Morgan fingerprint density at radius 1 is 0.750 bits per heavy atom. The lowest BCUT2D eigenvalue weighted by atomic mass is 9.97. The largest absolute Gasteiger partial charge is 0.390 e. The van der Waals surface area contributed by atoms with Gasteiger partial charge in [-0.3, -0.25) is 9.13 Å². The number of halogens is 5. The average molecular weight is 692 g/mol. The van der Waals surface area contributed by atoms with E-state index in [1.807, 2.05) is 0 Å². The molecule has 2 saturated heterocycles. The van der Waals surface area contributed by atoms with Gasteiger partial charge in [-0.05, 0) is 13.8 Å². The number of imidazole rings is 2. The van der Waals surface area contributed by atoms with Gasteiger partial charge in [-0.1, -0.05) is 0 Å². The molecule has 0 saturated carbocycles. The molecule has 17 nitrogen and oxygen atoms in total. The van der Waals surface area contributed by atoms with E-state index >= 15 is 0 Å². The predicted molar refractivity (Wildman–Crippen MR) is 157 cm³/mol. The van der Waals surface area contributed by atoms with Crippen molar-refractivity contribution >= 4 is 39.9 Å². The first kappa shape index (κ1) is 35.2. The number of fused-ring (bicyclic) bond motifs is 2. The van der Waals surface area contributed by atoms with Crippen LogP contribution in [0.2, 0.25) is 0 Å². The molecule has 48 heavy (non-hydrogen) atoms. The SMILES string of the molecule is CN(C)c1nc(F)nc2c1ncn2[C@@H]1O[C@](F)(CO)[C@@H](O)[C@@]1(C)F.CN(C)c1nc(N)nc2c1ncn2[C@@H]1O[C@](F)(CO)[C@@H](O)[C@@]1(C)F. The van der Waals surface area contributed by atoms with E-state index < -0.39 is 67.0 Å². The molecular formula is C26H34F5N11O6. The van der Waals surface area contributed by atoms with E-state index in [-0.39, 0.29) is 28.6 Å². The average Bonchev–Trinajstić information content (AvgIpc) is 3.72. The van der Waals surface area contributed by atoms with Crippen LogP contribution in [0.3, 0.4) is 0 Å². The van der Waals surface area contributed by atoms with Crippen molar-refractivity contribution in [3.63, 3.8) is 0 Å². The molecule has 22 heteroatoms. The van der Waals surface area contributed by atoms with E-state index in [4.69, 9.17) is 25.4 Å². The van der Waals surface area contributed by atoms with Gasteiger partial charge in [-0.2, -0.15) is 24.3 Å². The summed E-state index contributed by atoms with van der Waals surface area (Å²) in [5, 5.41) is 37.9. The van der Waals surface area contributed by atoms with Gasteiger partial charge >= 0.3 is 6.08 Å². The van der Waals surface area contributed by atoms with Gasteiger partial charge in [0.15, 0.2) is 70.0 Å². The highest BCUT2D eigenvalue weighted by Gasteiger charge is 2.65. The summed E-state index contributed by atoms with van der Waals surface area (Å²) in [6.07, 6.45) is -6.55. The Labute approximate surface area is 268 Å². The van der Waals surface area contributed by atoms with Crippen LogP contribution in [-0.2, 0) is 9.47 Å². The zero-order chi connectivity index (χ0) is 35.7. The first-order valence-electron chi connectivity index (χ1n) is 14.2. The van der Waals surface area contributed by atoms with Crippen LogP contribution in [0.5, 0.6) is 0 Å². The molecule has 264 valence electrons.